The number of nitrogens with zero attached hydrogens (tertiary/aromatic N) is 2. The predicted octanol–water partition coefficient (Wildman–Crippen LogP) is 2.03. The number of imidazole rings is 1. The number of aryl methyl sites for hydroxylation is 1. The number of rotatable bonds is 4. The minimum Gasteiger partial charge on any atom is -0.399 e. The Balaban J connectivity index is 2.54. The fourth-order valence-corrected chi connectivity index (χ4v) is 2.27. The molecule has 0 aliphatic rings. The standard InChI is InChI=1S/C12H17N3OS/c1-8(16)12-14-10-7-9(13)3-4-11(10)15(12)5-6-17-2/h3-4,7-8,16H,5-6,13H2,1-2H3. The number of anilines is 1. The molecule has 0 fully saturated rings. The molecule has 1 atom stereocenters. The highest BCUT2D eigenvalue weighted by Crippen LogP contribution is 2.23. The number of hydrogen-bond acceptors (Lipinski definition) is 4. The van der Waals surface area contributed by atoms with Gasteiger partial charge in [0, 0.05) is 18.0 Å². The zero-order valence-corrected chi connectivity index (χ0v) is 10.9. The number of nitrogens with two attached hydrogens (primary N) is 1. The molecule has 0 radical (unpaired) electrons. The van der Waals surface area contributed by atoms with Gasteiger partial charge in [-0.15, -0.1) is 0 Å². The van der Waals surface area contributed by atoms with E-state index in [2.05, 4.69) is 15.8 Å². The molecule has 0 saturated heterocycles. The van der Waals surface area contributed by atoms with Crippen molar-refractivity contribution in [3.63, 3.8) is 0 Å². The summed E-state index contributed by atoms with van der Waals surface area (Å²) in [6, 6.07) is 5.67. The summed E-state index contributed by atoms with van der Waals surface area (Å²) in [7, 11) is 0. The Labute approximate surface area is 105 Å². The third-order valence-electron chi connectivity index (χ3n) is 2.69. The van der Waals surface area contributed by atoms with Gasteiger partial charge in [0.2, 0.25) is 0 Å². The van der Waals surface area contributed by atoms with Crippen LogP contribution in [0.3, 0.4) is 0 Å². The van der Waals surface area contributed by atoms with Crippen LogP contribution in [0.25, 0.3) is 11.0 Å². The van der Waals surface area contributed by atoms with Gasteiger partial charge in [-0.2, -0.15) is 11.8 Å². The molecule has 4 nitrogen and oxygen atoms in total. The first-order chi connectivity index (χ1) is 8.13. The van der Waals surface area contributed by atoms with E-state index in [0.717, 1.165) is 23.3 Å². The molecule has 1 aromatic heterocycles. The van der Waals surface area contributed by atoms with Gasteiger partial charge in [0.05, 0.1) is 11.0 Å². The fourth-order valence-electron chi connectivity index (χ4n) is 1.90. The smallest absolute Gasteiger partial charge is 0.138 e. The number of nitrogen functional groups attached to an aromatic ring is 1. The highest BCUT2D eigenvalue weighted by molar-refractivity contribution is 7.98. The van der Waals surface area contributed by atoms with Crippen LogP contribution < -0.4 is 5.73 Å². The van der Waals surface area contributed by atoms with E-state index >= 15 is 0 Å². The molecule has 1 unspecified atom stereocenters. The van der Waals surface area contributed by atoms with Crippen LogP contribution >= 0.6 is 11.8 Å². The maximum absolute atomic E-state index is 9.75. The monoisotopic (exact) mass is 251 g/mol. The van der Waals surface area contributed by atoms with Crippen molar-refractivity contribution >= 4 is 28.5 Å². The molecule has 5 heteroatoms. The average molecular weight is 251 g/mol. The minimum atomic E-state index is -0.564. The van der Waals surface area contributed by atoms with Gasteiger partial charge in [-0.25, -0.2) is 4.98 Å². The topological polar surface area (TPSA) is 64.1 Å². The Morgan fingerprint density at radius 3 is 2.94 bits per heavy atom. The van der Waals surface area contributed by atoms with Crippen LogP contribution in [0.2, 0.25) is 0 Å². The van der Waals surface area contributed by atoms with Gasteiger partial charge in [0.1, 0.15) is 11.9 Å². The Hall–Kier alpha value is -1.20. The molecule has 0 aliphatic carbocycles. The van der Waals surface area contributed by atoms with E-state index < -0.39 is 6.10 Å². The summed E-state index contributed by atoms with van der Waals surface area (Å²) in [6.07, 6.45) is 1.50. The maximum atomic E-state index is 9.75. The van der Waals surface area contributed by atoms with Crippen molar-refractivity contribution in [1.82, 2.24) is 9.55 Å². The molecular formula is C12H17N3OS. The minimum absolute atomic E-state index is 0.564. The Morgan fingerprint density at radius 2 is 2.29 bits per heavy atom. The van der Waals surface area contributed by atoms with Crippen LogP contribution in [-0.2, 0) is 6.54 Å². The molecule has 1 heterocycles. The van der Waals surface area contributed by atoms with E-state index in [-0.39, 0.29) is 0 Å². The number of benzene rings is 1. The summed E-state index contributed by atoms with van der Waals surface area (Å²) in [5, 5.41) is 9.75. The number of aliphatic hydroxyl groups excluding tert-OH is 1. The van der Waals surface area contributed by atoms with E-state index in [1.165, 1.54) is 0 Å². The second-order valence-electron chi connectivity index (χ2n) is 4.04. The number of hydrogen-bond donors (Lipinski definition) is 2. The van der Waals surface area contributed by atoms with Crippen molar-refractivity contribution in [2.75, 3.05) is 17.7 Å². The first kappa shape index (κ1) is 12.3. The van der Waals surface area contributed by atoms with E-state index in [4.69, 9.17) is 5.73 Å². The van der Waals surface area contributed by atoms with E-state index in [0.29, 0.717) is 11.5 Å². The van der Waals surface area contributed by atoms with Crippen LogP contribution in [0.1, 0.15) is 18.9 Å². The zero-order chi connectivity index (χ0) is 12.4. The van der Waals surface area contributed by atoms with Crippen LogP contribution in [0, 0.1) is 0 Å². The van der Waals surface area contributed by atoms with Gasteiger partial charge < -0.3 is 15.4 Å². The third-order valence-corrected chi connectivity index (χ3v) is 3.29. The number of aromatic nitrogens is 2. The third kappa shape index (κ3) is 2.40. The van der Waals surface area contributed by atoms with E-state index in [9.17, 15) is 5.11 Å². The number of fused-ring (bicyclic) bond motifs is 1. The van der Waals surface area contributed by atoms with Gasteiger partial charge in [0.15, 0.2) is 0 Å². The first-order valence-electron chi connectivity index (χ1n) is 5.56. The van der Waals surface area contributed by atoms with Crippen molar-refractivity contribution < 1.29 is 5.11 Å². The summed E-state index contributed by atoms with van der Waals surface area (Å²) in [4.78, 5) is 4.45. The molecule has 17 heavy (non-hydrogen) atoms. The molecule has 0 spiro atoms. The van der Waals surface area contributed by atoms with Crippen molar-refractivity contribution in [2.24, 2.45) is 0 Å². The summed E-state index contributed by atoms with van der Waals surface area (Å²) in [5.41, 5.74) is 8.32. The van der Waals surface area contributed by atoms with Crippen LogP contribution in [0.5, 0.6) is 0 Å². The van der Waals surface area contributed by atoms with Gasteiger partial charge in [0.25, 0.3) is 0 Å². The molecule has 92 valence electrons. The van der Waals surface area contributed by atoms with Crippen molar-refractivity contribution in [1.29, 1.82) is 0 Å². The van der Waals surface area contributed by atoms with Crippen LogP contribution in [0.4, 0.5) is 5.69 Å². The molecule has 0 saturated carbocycles. The molecule has 3 N–H and O–H groups in total. The van der Waals surface area contributed by atoms with Crippen molar-refractivity contribution in [3.8, 4) is 0 Å². The number of aliphatic hydroxyl groups is 1. The second-order valence-corrected chi connectivity index (χ2v) is 5.02. The van der Waals surface area contributed by atoms with Crippen molar-refractivity contribution in [2.45, 2.75) is 19.6 Å². The zero-order valence-electron chi connectivity index (χ0n) is 10.1. The summed E-state index contributed by atoms with van der Waals surface area (Å²) >= 11 is 1.78. The Bertz CT molecular complexity index is 522. The highest BCUT2D eigenvalue weighted by Gasteiger charge is 2.14. The summed E-state index contributed by atoms with van der Waals surface area (Å²) in [6.45, 7) is 2.59. The largest absolute Gasteiger partial charge is 0.399 e. The molecule has 0 aliphatic heterocycles. The lowest BCUT2D eigenvalue weighted by Crippen LogP contribution is -2.08. The number of thioether (sulfide) groups is 1. The molecule has 1 aromatic carbocycles. The predicted molar refractivity (Wildman–Crippen MR) is 73.2 cm³/mol. The van der Waals surface area contributed by atoms with E-state index in [1.807, 2.05) is 18.2 Å². The summed E-state index contributed by atoms with van der Waals surface area (Å²) in [5.74, 6) is 1.70. The second kappa shape index (κ2) is 4.98. The van der Waals surface area contributed by atoms with Gasteiger partial charge in [-0.3, -0.25) is 0 Å². The van der Waals surface area contributed by atoms with Gasteiger partial charge >= 0.3 is 0 Å². The Kier molecular flexibility index (Phi) is 3.59. The van der Waals surface area contributed by atoms with Crippen molar-refractivity contribution in [3.05, 3.63) is 24.0 Å². The molecule has 0 bridgehead atoms. The normalized spacial score (nSPS) is 13.1. The average Bonchev–Trinajstić information content (AvgIpc) is 2.64. The quantitative estimate of drug-likeness (QED) is 0.816. The molecule has 2 rings (SSSR count). The maximum Gasteiger partial charge on any atom is 0.138 e. The highest BCUT2D eigenvalue weighted by atomic mass is 32.2. The summed E-state index contributed by atoms with van der Waals surface area (Å²) < 4.78 is 2.07. The van der Waals surface area contributed by atoms with E-state index in [1.54, 1.807) is 18.7 Å². The molecule has 0 amide bonds. The van der Waals surface area contributed by atoms with Gasteiger partial charge in [-0.1, -0.05) is 0 Å². The Morgan fingerprint density at radius 1 is 1.53 bits per heavy atom. The SMILES string of the molecule is CSCCn1c(C(C)O)nc2cc(N)ccc21. The lowest BCUT2D eigenvalue weighted by Gasteiger charge is -2.09. The van der Waals surface area contributed by atoms with Crippen LogP contribution in [0.15, 0.2) is 18.2 Å². The first-order valence-corrected chi connectivity index (χ1v) is 6.95. The molecular weight excluding hydrogens is 234 g/mol. The van der Waals surface area contributed by atoms with Crippen LogP contribution in [-0.4, -0.2) is 26.7 Å². The fraction of sp³-hybridized carbons (Fsp3) is 0.417. The lowest BCUT2D eigenvalue weighted by molar-refractivity contribution is 0.185. The molecule has 2 aromatic rings. The van der Waals surface area contributed by atoms with Gasteiger partial charge in [-0.05, 0) is 31.4 Å². The lowest BCUT2D eigenvalue weighted by atomic mass is 10.3.